The molecular formula is C14H14ClNO3. The number of amides is 1. The van der Waals surface area contributed by atoms with Crippen molar-refractivity contribution in [3.8, 4) is 11.5 Å². The molecule has 5 heteroatoms. The zero-order valence-corrected chi connectivity index (χ0v) is 11.4. The van der Waals surface area contributed by atoms with Gasteiger partial charge in [0, 0.05) is 17.3 Å². The molecule has 19 heavy (non-hydrogen) atoms. The number of aromatic hydroxyl groups is 1. The van der Waals surface area contributed by atoms with Gasteiger partial charge >= 0.3 is 0 Å². The summed E-state index contributed by atoms with van der Waals surface area (Å²) in [7, 11) is 0. The first-order chi connectivity index (χ1) is 9.04. The fraction of sp³-hybridized carbons (Fsp3) is 0.214. The molecule has 0 aromatic heterocycles. The molecule has 4 nitrogen and oxygen atoms in total. The summed E-state index contributed by atoms with van der Waals surface area (Å²) in [5.41, 5.74) is 0.437. The van der Waals surface area contributed by atoms with E-state index in [9.17, 15) is 9.90 Å². The van der Waals surface area contributed by atoms with Gasteiger partial charge in [-0.15, -0.1) is 0 Å². The molecule has 0 aliphatic rings. The monoisotopic (exact) mass is 279 g/mol. The van der Waals surface area contributed by atoms with Gasteiger partial charge in [-0.1, -0.05) is 11.6 Å². The Labute approximate surface area is 115 Å². The minimum absolute atomic E-state index is 0.0460. The molecule has 0 aliphatic heterocycles. The third-order valence-electron chi connectivity index (χ3n) is 2.67. The van der Waals surface area contributed by atoms with Crippen LogP contribution in [0.5, 0.6) is 11.5 Å². The van der Waals surface area contributed by atoms with Crippen molar-refractivity contribution >= 4 is 34.0 Å². The Morgan fingerprint density at radius 2 is 2.11 bits per heavy atom. The van der Waals surface area contributed by atoms with Crippen LogP contribution in [0.15, 0.2) is 24.3 Å². The average molecular weight is 280 g/mol. The number of anilines is 1. The van der Waals surface area contributed by atoms with Crippen molar-refractivity contribution in [1.82, 2.24) is 0 Å². The number of phenolic OH excluding ortho intramolecular Hbond substituents is 1. The van der Waals surface area contributed by atoms with E-state index in [2.05, 4.69) is 5.32 Å². The van der Waals surface area contributed by atoms with Crippen molar-refractivity contribution in [3.05, 3.63) is 29.3 Å². The van der Waals surface area contributed by atoms with Crippen molar-refractivity contribution in [1.29, 1.82) is 0 Å². The normalized spacial score (nSPS) is 10.5. The third kappa shape index (κ3) is 2.58. The standard InChI is InChI=1S/C14H14ClNO3/c1-3-19-12-7-4-9-10(15)5-6-11(18)13(9)14(12)16-8(2)17/h4-7,18H,3H2,1-2H3,(H,16,17). The summed E-state index contributed by atoms with van der Waals surface area (Å²) in [5, 5.41) is 14.3. The predicted octanol–water partition coefficient (Wildman–Crippen LogP) is 3.56. The fourth-order valence-corrected chi connectivity index (χ4v) is 2.17. The molecule has 100 valence electrons. The lowest BCUT2D eigenvalue weighted by Crippen LogP contribution is -2.08. The summed E-state index contributed by atoms with van der Waals surface area (Å²) in [4.78, 5) is 11.3. The van der Waals surface area contributed by atoms with Crippen molar-refractivity contribution in [3.63, 3.8) is 0 Å². The molecule has 2 aromatic rings. The lowest BCUT2D eigenvalue weighted by Gasteiger charge is -2.15. The Balaban J connectivity index is 2.78. The highest BCUT2D eigenvalue weighted by molar-refractivity contribution is 6.36. The molecule has 0 unspecified atom stereocenters. The first kappa shape index (κ1) is 13.5. The Hall–Kier alpha value is -1.94. The van der Waals surface area contributed by atoms with E-state index in [-0.39, 0.29) is 11.7 Å². The molecule has 2 aromatic carbocycles. The third-order valence-corrected chi connectivity index (χ3v) is 3.00. The highest BCUT2D eigenvalue weighted by atomic mass is 35.5. The van der Waals surface area contributed by atoms with Crippen molar-refractivity contribution in [2.75, 3.05) is 11.9 Å². The second-order valence-electron chi connectivity index (χ2n) is 4.04. The lowest BCUT2D eigenvalue weighted by atomic mass is 10.1. The number of carbonyl (C=O) groups excluding carboxylic acids is 1. The molecule has 0 atom stereocenters. The number of halogens is 1. The smallest absolute Gasteiger partial charge is 0.221 e. The SMILES string of the molecule is CCOc1ccc2c(Cl)ccc(O)c2c1NC(C)=O. The van der Waals surface area contributed by atoms with Crippen LogP contribution in [0.3, 0.4) is 0 Å². The number of carbonyl (C=O) groups is 1. The highest BCUT2D eigenvalue weighted by Crippen LogP contribution is 2.41. The maximum atomic E-state index is 11.3. The van der Waals surface area contributed by atoms with Crippen molar-refractivity contribution < 1.29 is 14.6 Å². The second kappa shape index (κ2) is 5.36. The highest BCUT2D eigenvalue weighted by Gasteiger charge is 2.15. The largest absolute Gasteiger partial charge is 0.507 e. The second-order valence-corrected chi connectivity index (χ2v) is 4.45. The zero-order valence-electron chi connectivity index (χ0n) is 10.7. The molecule has 0 fully saturated rings. The molecule has 0 spiro atoms. The van der Waals surface area contributed by atoms with Gasteiger partial charge in [0.05, 0.1) is 17.7 Å². The molecule has 0 saturated heterocycles. The number of hydrogen-bond donors (Lipinski definition) is 2. The van der Waals surface area contributed by atoms with Gasteiger partial charge in [0.2, 0.25) is 5.91 Å². The Kier molecular flexibility index (Phi) is 3.81. The summed E-state index contributed by atoms with van der Waals surface area (Å²) >= 11 is 6.10. The van der Waals surface area contributed by atoms with Crippen molar-refractivity contribution in [2.24, 2.45) is 0 Å². The molecule has 0 saturated carbocycles. The van der Waals surface area contributed by atoms with E-state index < -0.39 is 0 Å². The van der Waals surface area contributed by atoms with E-state index in [0.717, 1.165) is 0 Å². The molecule has 1 amide bonds. The van der Waals surface area contributed by atoms with Crippen LogP contribution in [0.25, 0.3) is 10.8 Å². The van der Waals surface area contributed by atoms with Gasteiger partial charge < -0.3 is 15.2 Å². The van der Waals surface area contributed by atoms with Gasteiger partial charge in [-0.3, -0.25) is 4.79 Å². The summed E-state index contributed by atoms with van der Waals surface area (Å²) < 4.78 is 5.47. The number of benzene rings is 2. The minimum Gasteiger partial charge on any atom is -0.507 e. The fourth-order valence-electron chi connectivity index (χ4n) is 1.95. The molecule has 0 radical (unpaired) electrons. The maximum absolute atomic E-state index is 11.3. The number of phenols is 1. The molecule has 2 N–H and O–H groups in total. The first-order valence-electron chi connectivity index (χ1n) is 5.89. The van der Waals surface area contributed by atoms with Crippen LogP contribution < -0.4 is 10.1 Å². The van der Waals surface area contributed by atoms with Gasteiger partial charge in [-0.05, 0) is 31.2 Å². The Bertz CT molecular complexity index is 640. The van der Waals surface area contributed by atoms with E-state index in [1.54, 1.807) is 18.2 Å². The van der Waals surface area contributed by atoms with Crippen LogP contribution in [-0.4, -0.2) is 17.6 Å². The van der Waals surface area contributed by atoms with Crippen LogP contribution in [-0.2, 0) is 4.79 Å². The Morgan fingerprint density at radius 1 is 1.37 bits per heavy atom. The maximum Gasteiger partial charge on any atom is 0.221 e. The topological polar surface area (TPSA) is 58.6 Å². The van der Waals surface area contributed by atoms with Crippen LogP contribution in [0.4, 0.5) is 5.69 Å². The van der Waals surface area contributed by atoms with Crippen LogP contribution >= 0.6 is 11.6 Å². The number of rotatable bonds is 3. The number of fused-ring (bicyclic) bond motifs is 1. The van der Waals surface area contributed by atoms with E-state index in [4.69, 9.17) is 16.3 Å². The van der Waals surface area contributed by atoms with E-state index in [1.807, 2.05) is 6.92 Å². The molecule has 0 aliphatic carbocycles. The minimum atomic E-state index is -0.243. The number of ether oxygens (including phenoxy) is 1. The van der Waals surface area contributed by atoms with Gasteiger partial charge in [0.25, 0.3) is 0 Å². The Morgan fingerprint density at radius 3 is 2.74 bits per heavy atom. The predicted molar refractivity (Wildman–Crippen MR) is 76.1 cm³/mol. The summed E-state index contributed by atoms with van der Waals surface area (Å²) in [6, 6.07) is 6.58. The first-order valence-corrected chi connectivity index (χ1v) is 6.27. The van der Waals surface area contributed by atoms with Crippen molar-refractivity contribution in [2.45, 2.75) is 13.8 Å². The van der Waals surface area contributed by atoms with Crippen LogP contribution in [0.2, 0.25) is 5.02 Å². The van der Waals surface area contributed by atoms with E-state index in [0.29, 0.717) is 33.8 Å². The zero-order chi connectivity index (χ0) is 14.0. The summed E-state index contributed by atoms with van der Waals surface area (Å²) in [6.07, 6.45) is 0. The molecule has 0 heterocycles. The number of nitrogens with one attached hydrogen (secondary N) is 1. The quantitative estimate of drug-likeness (QED) is 0.903. The van der Waals surface area contributed by atoms with Crippen LogP contribution in [0, 0.1) is 0 Å². The number of hydrogen-bond acceptors (Lipinski definition) is 3. The van der Waals surface area contributed by atoms with Gasteiger partial charge in [-0.2, -0.15) is 0 Å². The van der Waals surface area contributed by atoms with Gasteiger partial charge in [0.15, 0.2) is 0 Å². The van der Waals surface area contributed by atoms with E-state index >= 15 is 0 Å². The van der Waals surface area contributed by atoms with E-state index in [1.165, 1.54) is 13.0 Å². The molecule has 2 rings (SSSR count). The van der Waals surface area contributed by atoms with Crippen LogP contribution in [0.1, 0.15) is 13.8 Å². The van der Waals surface area contributed by atoms with Gasteiger partial charge in [0.1, 0.15) is 11.5 Å². The lowest BCUT2D eigenvalue weighted by molar-refractivity contribution is -0.114. The summed E-state index contributed by atoms with van der Waals surface area (Å²) in [5.74, 6) is 0.306. The molecular weight excluding hydrogens is 266 g/mol. The van der Waals surface area contributed by atoms with Gasteiger partial charge in [-0.25, -0.2) is 0 Å². The molecule has 0 bridgehead atoms. The summed E-state index contributed by atoms with van der Waals surface area (Å²) in [6.45, 7) is 3.70. The average Bonchev–Trinajstić information content (AvgIpc) is 2.35.